The van der Waals surface area contributed by atoms with E-state index in [1.807, 2.05) is 12.4 Å². The maximum atomic E-state index is 6.14. The van der Waals surface area contributed by atoms with Gasteiger partial charge in [0.05, 0.1) is 24.2 Å². The Morgan fingerprint density at radius 3 is 2.59 bits per heavy atom. The van der Waals surface area contributed by atoms with E-state index in [0.29, 0.717) is 12.1 Å². The molecule has 0 bridgehead atoms. The third-order valence-electron chi connectivity index (χ3n) is 6.72. The second-order valence-electron chi connectivity index (χ2n) is 8.83. The largest absolute Gasteiger partial charge is 0.490 e. The van der Waals surface area contributed by atoms with Crippen LogP contribution in [0.5, 0.6) is 5.75 Å². The van der Waals surface area contributed by atoms with E-state index in [1.54, 1.807) is 0 Å². The molecular weight excluding hydrogens is 386 g/mol. The first kappa shape index (κ1) is 22.6. The average molecular weight is 424 g/mol. The number of nitrogens with zero attached hydrogens (tertiary/aromatic N) is 2. The molecule has 3 aliphatic rings. The van der Waals surface area contributed by atoms with Gasteiger partial charge in [-0.25, -0.2) is 0 Å². The summed E-state index contributed by atoms with van der Waals surface area (Å²) >= 11 is 0. The van der Waals surface area contributed by atoms with Crippen LogP contribution >= 0.6 is 12.4 Å². The molecule has 2 saturated heterocycles. The molecule has 1 aromatic rings. The fourth-order valence-electron chi connectivity index (χ4n) is 4.87. The fourth-order valence-corrected chi connectivity index (χ4v) is 4.87. The van der Waals surface area contributed by atoms with Crippen molar-refractivity contribution < 1.29 is 9.47 Å². The van der Waals surface area contributed by atoms with Gasteiger partial charge >= 0.3 is 0 Å². The van der Waals surface area contributed by atoms with Crippen molar-refractivity contribution in [3.8, 4) is 5.75 Å². The highest BCUT2D eigenvalue weighted by Gasteiger charge is 2.21. The minimum absolute atomic E-state index is 0. The molecule has 164 valence electrons. The van der Waals surface area contributed by atoms with E-state index >= 15 is 0 Å². The van der Waals surface area contributed by atoms with Crippen LogP contribution in [-0.2, 0) is 4.74 Å². The summed E-state index contributed by atoms with van der Waals surface area (Å²) in [7, 11) is 0. The van der Waals surface area contributed by atoms with Crippen LogP contribution in [0.2, 0.25) is 0 Å². The van der Waals surface area contributed by atoms with Gasteiger partial charge in [0, 0.05) is 31.8 Å². The average Bonchev–Trinajstić information content (AvgIpc) is 3.28. The van der Waals surface area contributed by atoms with Crippen LogP contribution in [0.25, 0.3) is 0 Å². The van der Waals surface area contributed by atoms with Gasteiger partial charge in [-0.1, -0.05) is 19.3 Å². The number of aromatic nitrogens is 1. The van der Waals surface area contributed by atoms with E-state index in [1.165, 1.54) is 69.9 Å². The summed E-state index contributed by atoms with van der Waals surface area (Å²) in [6.07, 6.45) is 17.2. The summed E-state index contributed by atoms with van der Waals surface area (Å²) in [6.45, 7) is 5.05. The number of piperidine rings is 1. The maximum absolute atomic E-state index is 6.14. The first-order chi connectivity index (χ1) is 13.9. The Morgan fingerprint density at radius 1 is 1.00 bits per heavy atom. The number of hydrogen-bond donors (Lipinski definition) is 1. The van der Waals surface area contributed by atoms with Crippen molar-refractivity contribution in [2.24, 2.45) is 5.92 Å². The highest BCUT2D eigenvalue weighted by atomic mass is 35.5. The quantitative estimate of drug-likeness (QED) is 0.662. The standard InChI is InChI=1S/C23H37N3O2.ClH/c1-2-6-22(7-3-1)27-14-10-19-8-12-26(13-9-19)21-15-23(17-24-16-21)28-18-20-5-4-11-25-20;/h15-17,19-20,22,25H,1-14,18H2;1H/t20-;/m0./s1. The molecule has 0 aromatic carbocycles. The number of halogens is 1. The summed E-state index contributed by atoms with van der Waals surface area (Å²) in [6, 6.07) is 2.66. The summed E-state index contributed by atoms with van der Waals surface area (Å²) in [5.41, 5.74) is 1.20. The SMILES string of the molecule is Cl.c1ncc(N2CCC(CCOC3CCCCC3)CC2)cc1OC[C@@H]1CCCN1. The van der Waals surface area contributed by atoms with Gasteiger partial charge in [-0.05, 0) is 57.4 Å². The Kier molecular flexibility index (Phi) is 9.35. The predicted octanol–water partition coefficient (Wildman–Crippen LogP) is 4.59. The number of nitrogens with one attached hydrogen (secondary N) is 1. The maximum Gasteiger partial charge on any atom is 0.139 e. The third-order valence-corrected chi connectivity index (χ3v) is 6.72. The molecule has 1 saturated carbocycles. The molecule has 0 radical (unpaired) electrons. The Hall–Kier alpha value is -1.04. The number of ether oxygens (including phenoxy) is 2. The number of anilines is 1. The monoisotopic (exact) mass is 423 g/mol. The Balaban J connectivity index is 0.00000240. The normalized spacial score (nSPS) is 23.7. The minimum Gasteiger partial charge on any atom is -0.490 e. The zero-order valence-electron chi connectivity index (χ0n) is 17.7. The van der Waals surface area contributed by atoms with Crippen molar-refractivity contribution in [3.05, 3.63) is 18.5 Å². The van der Waals surface area contributed by atoms with Crippen LogP contribution in [-0.4, -0.2) is 50.0 Å². The lowest BCUT2D eigenvalue weighted by atomic mass is 9.93. The molecule has 4 rings (SSSR count). The molecule has 0 amide bonds. The highest BCUT2D eigenvalue weighted by molar-refractivity contribution is 5.85. The molecular formula is C23H38ClN3O2. The van der Waals surface area contributed by atoms with Gasteiger partial charge in [-0.15, -0.1) is 12.4 Å². The van der Waals surface area contributed by atoms with Crippen LogP contribution in [0.3, 0.4) is 0 Å². The second kappa shape index (κ2) is 12.0. The second-order valence-corrected chi connectivity index (χ2v) is 8.83. The topological polar surface area (TPSA) is 46.6 Å². The van der Waals surface area contributed by atoms with Gasteiger partial charge in [0.2, 0.25) is 0 Å². The number of pyridine rings is 1. The van der Waals surface area contributed by atoms with E-state index in [0.717, 1.165) is 44.5 Å². The molecule has 1 aromatic heterocycles. The van der Waals surface area contributed by atoms with Crippen molar-refractivity contribution >= 4 is 18.1 Å². The summed E-state index contributed by atoms with van der Waals surface area (Å²) < 4.78 is 12.1. The molecule has 5 nitrogen and oxygen atoms in total. The first-order valence-corrected chi connectivity index (χ1v) is 11.5. The lowest BCUT2D eigenvalue weighted by molar-refractivity contribution is 0.0199. The van der Waals surface area contributed by atoms with Crippen molar-refractivity contribution in [1.82, 2.24) is 10.3 Å². The highest BCUT2D eigenvalue weighted by Crippen LogP contribution is 2.28. The molecule has 0 spiro atoms. The molecule has 3 heterocycles. The van der Waals surface area contributed by atoms with E-state index < -0.39 is 0 Å². The van der Waals surface area contributed by atoms with Gasteiger partial charge in [0.25, 0.3) is 0 Å². The molecule has 1 N–H and O–H groups in total. The van der Waals surface area contributed by atoms with Crippen molar-refractivity contribution in [1.29, 1.82) is 0 Å². The first-order valence-electron chi connectivity index (χ1n) is 11.5. The smallest absolute Gasteiger partial charge is 0.139 e. The molecule has 6 heteroatoms. The fraction of sp³-hybridized carbons (Fsp3) is 0.783. The van der Waals surface area contributed by atoms with E-state index in [-0.39, 0.29) is 12.4 Å². The Morgan fingerprint density at radius 2 is 1.83 bits per heavy atom. The molecule has 1 aliphatic carbocycles. The molecule has 29 heavy (non-hydrogen) atoms. The van der Waals surface area contributed by atoms with Crippen LogP contribution in [0.4, 0.5) is 5.69 Å². The predicted molar refractivity (Wildman–Crippen MR) is 120 cm³/mol. The van der Waals surface area contributed by atoms with Gasteiger partial charge in [-0.2, -0.15) is 0 Å². The summed E-state index contributed by atoms with van der Waals surface area (Å²) in [5, 5.41) is 3.48. The zero-order chi connectivity index (χ0) is 19.0. The number of rotatable bonds is 8. The van der Waals surface area contributed by atoms with E-state index in [9.17, 15) is 0 Å². The lowest BCUT2D eigenvalue weighted by Crippen LogP contribution is -2.34. The van der Waals surface area contributed by atoms with Gasteiger partial charge in [0.15, 0.2) is 0 Å². The van der Waals surface area contributed by atoms with E-state index in [2.05, 4.69) is 21.3 Å². The van der Waals surface area contributed by atoms with Crippen molar-refractivity contribution in [2.75, 3.05) is 37.7 Å². The van der Waals surface area contributed by atoms with Crippen LogP contribution in [0, 0.1) is 5.92 Å². The molecule has 2 aliphatic heterocycles. The van der Waals surface area contributed by atoms with Crippen molar-refractivity contribution in [3.63, 3.8) is 0 Å². The Labute approximate surface area is 182 Å². The zero-order valence-corrected chi connectivity index (χ0v) is 18.5. The van der Waals surface area contributed by atoms with Crippen molar-refractivity contribution in [2.45, 2.75) is 76.4 Å². The number of hydrogen-bond acceptors (Lipinski definition) is 5. The minimum atomic E-state index is 0. The van der Waals surface area contributed by atoms with Gasteiger partial charge < -0.3 is 19.7 Å². The third kappa shape index (κ3) is 7.01. The van der Waals surface area contributed by atoms with E-state index in [4.69, 9.17) is 9.47 Å². The molecule has 1 atom stereocenters. The molecule has 0 unspecified atom stereocenters. The van der Waals surface area contributed by atoms with Gasteiger partial charge in [0.1, 0.15) is 12.4 Å². The Bertz CT molecular complexity index is 583. The van der Waals surface area contributed by atoms with Crippen LogP contribution in [0.15, 0.2) is 18.5 Å². The van der Waals surface area contributed by atoms with Crippen LogP contribution < -0.4 is 15.0 Å². The van der Waals surface area contributed by atoms with Gasteiger partial charge in [-0.3, -0.25) is 4.98 Å². The summed E-state index contributed by atoms with van der Waals surface area (Å²) in [5.74, 6) is 1.70. The summed E-state index contributed by atoms with van der Waals surface area (Å²) in [4.78, 5) is 6.88. The lowest BCUT2D eigenvalue weighted by Gasteiger charge is -2.34. The van der Waals surface area contributed by atoms with Crippen LogP contribution in [0.1, 0.15) is 64.2 Å². The molecule has 3 fully saturated rings.